The number of phenolic OH excluding ortho intramolecular Hbond substituents is 2. The maximum absolute atomic E-state index is 14.4. The third-order valence-corrected chi connectivity index (χ3v) is 5.61. The predicted octanol–water partition coefficient (Wildman–Crippen LogP) is 5.60. The molecule has 0 heterocycles. The third kappa shape index (κ3) is 2.20. The van der Waals surface area contributed by atoms with Crippen molar-refractivity contribution in [2.45, 2.75) is 5.41 Å². The van der Waals surface area contributed by atoms with Crippen molar-refractivity contribution in [1.82, 2.24) is 0 Å². The Hall–Kier alpha value is -3.59. The maximum atomic E-state index is 14.4. The topological polar surface area (TPSA) is 40.5 Å². The van der Waals surface area contributed by atoms with Gasteiger partial charge >= 0.3 is 0 Å². The van der Waals surface area contributed by atoms with Crippen LogP contribution in [0.15, 0.2) is 91.0 Å². The Morgan fingerprint density at radius 2 is 1.11 bits per heavy atom. The Labute approximate surface area is 162 Å². The summed E-state index contributed by atoms with van der Waals surface area (Å²) >= 11 is 0. The highest BCUT2D eigenvalue weighted by molar-refractivity contribution is 5.86. The minimum Gasteiger partial charge on any atom is -0.508 e. The van der Waals surface area contributed by atoms with E-state index in [-0.39, 0.29) is 17.3 Å². The van der Waals surface area contributed by atoms with Crippen LogP contribution in [-0.4, -0.2) is 10.2 Å². The fourth-order valence-corrected chi connectivity index (χ4v) is 4.46. The molecule has 0 fully saturated rings. The summed E-state index contributed by atoms with van der Waals surface area (Å²) in [6.45, 7) is 0. The normalized spacial score (nSPS) is 13.8. The molecule has 28 heavy (non-hydrogen) atoms. The molecule has 136 valence electrons. The van der Waals surface area contributed by atoms with Crippen LogP contribution in [0.2, 0.25) is 0 Å². The van der Waals surface area contributed by atoms with Crippen LogP contribution < -0.4 is 0 Å². The molecule has 0 radical (unpaired) electrons. The van der Waals surface area contributed by atoms with Gasteiger partial charge in [0.2, 0.25) is 0 Å². The second-order valence-electron chi connectivity index (χ2n) is 7.08. The van der Waals surface area contributed by atoms with Crippen LogP contribution in [0.25, 0.3) is 11.1 Å². The van der Waals surface area contributed by atoms with Crippen LogP contribution in [0.3, 0.4) is 0 Å². The monoisotopic (exact) mass is 368 g/mol. The second-order valence-corrected chi connectivity index (χ2v) is 7.08. The van der Waals surface area contributed by atoms with Crippen LogP contribution in [-0.2, 0) is 5.41 Å². The lowest BCUT2D eigenvalue weighted by Crippen LogP contribution is -2.28. The first kappa shape index (κ1) is 16.6. The van der Waals surface area contributed by atoms with E-state index in [4.69, 9.17) is 0 Å². The lowest BCUT2D eigenvalue weighted by Gasteiger charge is -2.33. The molecule has 0 atom stereocenters. The summed E-state index contributed by atoms with van der Waals surface area (Å²) in [4.78, 5) is 0. The van der Waals surface area contributed by atoms with Crippen molar-refractivity contribution < 1.29 is 14.6 Å². The zero-order chi connectivity index (χ0) is 19.3. The van der Waals surface area contributed by atoms with E-state index in [1.807, 2.05) is 42.5 Å². The van der Waals surface area contributed by atoms with Crippen molar-refractivity contribution in [3.05, 3.63) is 119 Å². The fourth-order valence-electron chi connectivity index (χ4n) is 4.46. The van der Waals surface area contributed by atoms with Gasteiger partial charge in [-0.25, -0.2) is 4.39 Å². The predicted molar refractivity (Wildman–Crippen MR) is 107 cm³/mol. The van der Waals surface area contributed by atoms with Crippen LogP contribution in [0.5, 0.6) is 11.5 Å². The first-order valence-electron chi connectivity index (χ1n) is 9.09. The van der Waals surface area contributed by atoms with Gasteiger partial charge in [-0.05, 0) is 69.8 Å². The Morgan fingerprint density at radius 3 is 1.71 bits per heavy atom. The Bertz CT molecular complexity index is 1130. The molecule has 0 aliphatic heterocycles. The van der Waals surface area contributed by atoms with Gasteiger partial charge < -0.3 is 10.2 Å². The van der Waals surface area contributed by atoms with E-state index >= 15 is 0 Å². The molecule has 3 heteroatoms. The Morgan fingerprint density at radius 1 is 0.571 bits per heavy atom. The van der Waals surface area contributed by atoms with E-state index in [1.165, 1.54) is 6.07 Å². The van der Waals surface area contributed by atoms with Crippen molar-refractivity contribution in [1.29, 1.82) is 0 Å². The van der Waals surface area contributed by atoms with Crippen LogP contribution in [0.1, 0.15) is 22.3 Å². The number of aromatic hydroxyl groups is 2. The molecule has 4 aromatic carbocycles. The van der Waals surface area contributed by atoms with E-state index in [2.05, 4.69) is 12.1 Å². The molecule has 0 saturated heterocycles. The highest BCUT2D eigenvalue weighted by Gasteiger charge is 2.46. The van der Waals surface area contributed by atoms with Gasteiger partial charge in [0.1, 0.15) is 17.3 Å². The number of hydrogen-bond acceptors (Lipinski definition) is 2. The molecule has 0 saturated carbocycles. The summed E-state index contributed by atoms with van der Waals surface area (Å²) < 4.78 is 14.4. The Balaban J connectivity index is 1.96. The summed E-state index contributed by atoms with van der Waals surface area (Å²) in [5.41, 5.74) is 5.05. The van der Waals surface area contributed by atoms with Gasteiger partial charge in [0.05, 0.1) is 5.41 Å². The van der Waals surface area contributed by atoms with Crippen molar-refractivity contribution in [2.24, 2.45) is 0 Å². The largest absolute Gasteiger partial charge is 0.508 e. The van der Waals surface area contributed by atoms with Crippen LogP contribution in [0.4, 0.5) is 4.39 Å². The van der Waals surface area contributed by atoms with Crippen molar-refractivity contribution >= 4 is 0 Å². The summed E-state index contributed by atoms with van der Waals surface area (Å²) in [5.74, 6) is 0.0548. The standard InChI is InChI=1S/C25H17FO2/c26-18-9-14-22-21-3-1-2-4-23(21)25(24(22)15-18,16-5-10-19(27)11-6-16)17-7-12-20(28)13-8-17/h1-15,27-28H. The van der Waals surface area contributed by atoms with Gasteiger partial charge in [0.15, 0.2) is 0 Å². The summed E-state index contributed by atoms with van der Waals surface area (Å²) in [7, 11) is 0. The van der Waals surface area contributed by atoms with Gasteiger partial charge in [-0.2, -0.15) is 0 Å². The molecular formula is C25H17FO2. The van der Waals surface area contributed by atoms with Gasteiger partial charge in [-0.1, -0.05) is 54.6 Å². The average molecular weight is 368 g/mol. The molecule has 0 spiro atoms. The molecule has 0 bridgehead atoms. The summed E-state index contributed by atoms with van der Waals surface area (Å²) in [5, 5.41) is 19.7. The molecule has 2 N–H and O–H groups in total. The number of phenols is 2. The first-order chi connectivity index (χ1) is 13.6. The molecule has 5 rings (SSSR count). The number of rotatable bonds is 2. The summed E-state index contributed by atoms with van der Waals surface area (Å²) in [6.07, 6.45) is 0. The van der Waals surface area contributed by atoms with Crippen molar-refractivity contribution in [3.8, 4) is 22.6 Å². The second kappa shape index (κ2) is 5.96. The molecule has 0 unspecified atom stereocenters. The van der Waals surface area contributed by atoms with Gasteiger partial charge in [-0.3, -0.25) is 0 Å². The first-order valence-corrected chi connectivity index (χ1v) is 9.09. The molecular weight excluding hydrogens is 351 g/mol. The molecule has 0 aromatic heterocycles. The molecule has 1 aliphatic carbocycles. The van der Waals surface area contributed by atoms with Gasteiger partial charge in [0, 0.05) is 0 Å². The fraction of sp³-hybridized carbons (Fsp3) is 0.0400. The number of benzene rings is 4. The summed E-state index contributed by atoms with van der Waals surface area (Å²) in [6, 6.07) is 27.1. The lowest BCUT2D eigenvalue weighted by atomic mass is 9.67. The van der Waals surface area contributed by atoms with Crippen molar-refractivity contribution in [3.63, 3.8) is 0 Å². The van der Waals surface area contributed by atoms with Crippen LogP contribution >= 0.6 is 0 Å². The molecule has 2 nitrogen and oxygen atoms in total. The van der Waals surface area contributed by atoms with E-state index in [1.54, 1.807) is 30.3 Å². The molecule has 1 aliphatic rings. The minimum atomic E-state index is -0.741. The van der Waals surface area contributed by atoms with E-state index in [9.17, 15) is 14.6 Å². The Kier molecular flexibility index (Phi) is 3.53. The number of halogens is 1. The third-order valence-electron chi connectivity index (χ3n) is 5.61. The number of fused-ring (bicyclic) bond motifs is 3. The maximum Gasteiger partial charge on any atom is 0.123 e. The van der Waals surface area contributed by atoms with Crippen molar-refractivity contribution in [2.75, 3.05) is 0 Å². The van der Waals surface area contributed by atoms with E-state index < -0.39 is 5.41 Å². The zero-order valence-electron chi connectivity index (χ0n) is 14.9. The average Bonchev–Trinajstić information content (AvgIpc) is 3.00. The van der Waals surface area contributed by atoms with Gasteiger partial charge in [-0.15, -0.1) is 0 Å². The highest BCUT2D eigenvalue weighted by Crippen LogP contribution is 2.56. The number of hydrogen-bond donors (Lipinski definition) is 2. The zero-order valence-corrected chi connectivity index (χ0v) is 14.9. The quantitative estimate of drug-likeness (QED) is 0.426. The minimum absolute atomic E-state index is 0.176. The SMILES string of the molecule is Oc1ccc(C2(c3ccc(O)cc3)c3ccccc3-c3ccc(F)cc32)cc1. The van der Waals surface area contributed by atoms with E-state index in [0.717, 1.165) is 33.4 Å². The van der Waals surface area contributed by atoms with E-state index in [0.29, 0.717) is 0 Å². The molecule has 0 amide bonds. The van der Waals surface area contributed by atoms with Crippen LogP contribution in [0, 0.1) is 5.82 Å². The lowest BCUT2D eigenvalue weighted by molar-refractivity contribution is 0.474. The van der Waals surface area contributed by atoms with Gasteiger partial charge in [0.25, 0.3) is 0 Å². The highest BCUT2D eigenvalue weighted by atomic mass is 19.1. The smallest absolute Gasteiger partial charge is 0.123 e. The molecule has 4 aromatic rings.